The third-order valence-corrected chi connectivity index (χ3v) is 2.96. The summed E-state index contributed by atoms with van der Waals surface area (Å²) in [7, 11) is 1.51. The minimum atomic E-state index is -0.400. The normalized spacial score (nSPS) is 9.91. The molecule has 0 atom stereocenters. The summed E-state index contributed by atoms with van der Waals surface area (Å²) in [5.74, 6) is 0.676. The molecule has 1 amide bonds. The molecule has 2 aromatic rings. The number of rotatable bonds is 6. The van der Waals surface area contributed by atoms with Crippen molar-refractivity contribution in [3.05, 3.63) is 54.0 Å². The number of amides is 1. The van der Waals surface area contributed by atoms with Gasteiger partial charge in [0.2, 0.25) is 0 Å². The standard InChI is InChI=1S/C15H15ClN4O2/c1-3-6-17-14-9-18-12(8-19-14)15(21)20-11-7-10(16)4-5-13(11)22-2/h3-5,7-9H,1,6H2,2H3,(H,17,19)(H,20,21). The molecule has 1 aromatic carbocycles. The van der Waals surface area contributed by atoms with Crippen molar-refractivity contribution in [3.8, 4) is 5.75 Å². The first-order valence-corrected chi connectivity index (χ1v) is 6.83. The summed E-state index contributed by atoms with van der Waals surface area (Å²) in [6.07, 6.45) is 4.57. The quantitative estimate of drug-likeness (QED) is 0.801. The van der Waals surface area contributed by atoms with Gasteiger partial charge in [-0.15, -0.1) is 6.58 Å². The predicted octanol–water partition coefficient (Wildman–Crippen LogP) is 2.99. The van der Waals surface area contributed by atoms with E-state index in [4.69, 9.17) is 16.3 Å². The minimum Gasteiger partial charge on any atom is -0.495 e. The lowest BCUT2D eigenvalue weighted by Gasteiger charge is -2.10. The predicted molar refractivity (Wildman–Crippen MR) is 86.7 cm³/mol. The van der Waals surface area contributed by atoms with Crippen LogP contribution in [0.3, 0.4) is 0 Å². The summed E-state index contributed by atoms with van der Waals surface area (Å²) >= 11 is 5.92. The van der Waals surface area contributed by atoms with Crippen LogP contribution in [0.15, 0.2) is 43.2 Å². The van der Waals surface area contributed by atoms with Crippen molar-refractivity contribution < 1.29 is 9.53 Å². The molecule has 0 fully saturated rings. The first kappa shape index (κ1) is 15.8. The zero-order valence-electron chi connectivity index (χ0n) is 12.0. The summed E-state index contributed by atoms with van der Waals surface area (Å²) < 4.78 is 5.17. The SMILES string of the molecule is C=CCNc1cnc(C(=O)Nc2cc(Cl)ccc2OC)cn1. The maximum absolute atomic E-state index is 12.2. The summed E-state index contributed by atoms with van der Waals surface area (Å²) in [5, 5.41) is 6.16. The molecule has 0 unspecified atom stereocenters. The fraction of sp³-hybridized carbons (Fsp3) is 0.133. The zero-order valence-corrected chi connectivity index (χ0v) is 12.7. The van der Waals surface area contributed by atoms with Crippen molar-refractivity contribution in [1.82, 2.24) is 9.97 Å². The largest absolute Gasteiger partial charge is 0.495 e. The molecule has 0 radical (unpaired) electrons. The molecule has 7 heteroatoms. The van der Waals surface area contributed by atoms with E-state index in [0.29, 0.717) is 28.8 Å². The topological polar surface area (TPSA) is 76.1 Å². The van der Waals surface area contributed by atoms with E-state index in [2.05, 4.69) is 27.2 Å². The van der Waals surface area contributed by atoms with E-state index in [1.54, 1.807) is 24.3 Å². The summed E-state index contributed by atoms with van der Waals surface area (Å²) in [6, 6.07) is 4.95. The Balaban J connectivity index is 2.12. The minimum absolute atomic E-state index is 0.186. The van der Waals surface area contributed by atoms with Gasteiger partial charge in [-0.2, -0.15) is 0 Å². The fourth-order valence-electron chi connectivity index (χ4n) is 1.68. The molecule has 0 bridgehead atoms. The monoisotopic (exact) mass is 318 g/mol. The molecule has 6 nitrogen and oxygen atoms in total. The number of aromatic nitrogens is 2. The van der Waals surface area contributed by atoms with Gasteiger partial charge in [0.15, 0.2) is 0 Å². The Kier molecular flexibility index (Phi) is 5.32. The van der Waals surface area contributed by atoms with E-state index in [0.717, 1.165) is 0 Å². The lowest BCUT2D eigenvalue weighted by atomic mass is 10.2. The number of nitrogens with one attached hydrogen (secondary N) is 2. The molecule has 1 heterocycles. The highest BCUT2D eigenvalue weighted by Crippen LogP contribution is 2.27. The lowest BCUT2D eigenvalue weighted by molar-refractivity contribution is 0.102. The molecule has 114 valence electrons. The molecule has 0 aliphatic rings. The number of hydrogen-bond donors (Lipinski definition) is 2. The second-order valence-corrected chi connectivity index (χ2v) is 4.69. The van der Waals surface area contributed by atoms with Crippen LogP contribution in [0, 0.1) is 0 Å². The summed E-state index contributed by atoms with van der Waals surface area (Å²) in [4.78, 5) is 20.3. The molecule has 2 N–H and O–H groups in total. The van der Waals surface area contributed by atoms with Gasteiger partial charge < -0.3 is 15.4 Å². The Morgan fingerprint density at radius 1 is 1.41 bits per heavy atom. The molecule has 0 spiro atoms. The highest BCUT2D eigenvalue weighted by Gasteiger charge is 2.12. The van der Waals surface area contributed by atoms with E-state index < -0.39 is 5.91 Å². The number of benzene rings is 1. The van der Waals surface area contributed by atoms with Crippen LogP contribution in [0.2, 0.25) is 5.02 Å². The van der Waals surface area contributed by atoms with Crippen molar-refractivity contribution in [1.29, 1.82) is 0 Å². The van der Waals surface area contributed by atoms with E-state index in [-0.39, 0.29) is 5.69 Å². The molecule has 2 rings (SSSR count). The van der Waals surface area contributed by atoms with Gasteiger partial charge in [0, 0.05) is 11.6 Å². The number of carbonyl (C=O) groups is 1. The van der Waals surface area contributed by atoms with Crippen LogP contribution in [0.25, 0.3) is 0 Å². The Bertz CT molecular complexity index is 674. The average Bonchev–Trinajstić information content (AvgIpc) is 2.53. The Morgan fingerprint density at radius 3 is 2.86 bits per heavy atom. The maximum atomic E-state index is 12.2. The smallest absolute Gasteiger partial charge is 0.275 e. The van der Waals surface area contributed by atoms with Gasteiger partial charge in [-0.05, 0) is 18.2 Å². The fourth-order valence-corrected chi connectivity index (χ4v) is 1.85. The number of halogens is 1. The average molecular weight is 319 g/mol. The van der Waals surface area contributed by atoms with Crippen LogP contribution in [0.1, 0.15) is 10.5 Å². The van der Waals surface area contributed by atoms with E-state index >= 15 is 0 Å². The molecular formula is C15H15ClN4O2. The van der Waals surface area contributed by atoms with Gasteiger partial charge in [0.25, 0.3) is 5.91 Å². The van der Waals surface area contributed by atoms with Gasteiger partial charge in [0.05, 0.1) is 25.2 Å². The van der Waals surface area contributed by atoms with Crippen LogP contribution in [0.5, 0.6) is 5.75 Å². The van der Waals surface area contributed by atoms with Crippen LogP contribution < -0.4 is 15.4 Å². The lowest BCUT2D eigenvalue weighted by Crippen LogP contribution is -2.15. The molecule has 0 saturated heterocycles. The van der Waals surface area contributed by atoms with Gasteiger partial charge in [-0.3, -0.25) is 4.79 Å². The molecule has 1 aromatic heterocycles. The molecule has 0 aliphatic heterocycles. The van der Waals surface area contributed by atoms with Gasteiger partial charge >= 0.3 is 0 Å². The number of ether oxygens (including phenoxy) is 1. The number of anilines is 2. The van der Waals surface area contributed by atoms with Crippen molar-refractivity contribution in [2.24, 2.45) is 0 Å². The van der Waals surface area contributed by atoms with Crippen molar-refractivity contribution in [3.63, 3.8) is 0 Å². The second kappa shape index (κ2) is 7.42. The number of methoxy groups -OCH3 is 1. The Labute approximate surface area is 133 Å². The number of nitrogens with zero attached hydrogens (tertiary/aromatic N) is 2. The molecular weight excluding hydrogens is 304 g/mol. The van der Waals surface area contributed by atoms with Crippen LogP contribution >= 0.6 is 11.6 Å². The van der Waals surface area contributed by atoms with E-state index in [9.17, 15) is 4.79 Å². The first-order chi connectivity index (χ1) is 10.6. The second-order valence-electron chi connectivity index (χ2n) is 4.26. The molecule has 22 heavy (non-hydrogen) atoms. The van der Waals surface area contributed by atoms with Crippen molar-refractivity contribution in [2.75, 3.05) is 24.3 Å². The Hall–Kier alpha value is -2.60. The number of hydrogen-bond acceptors (Lipinski definition) is 5. The molecule has 0 saturated carbocycles. The first-order valence-electron chi connectivity index (χ1n) is 6.45. The zero-order chi connectivity index (χ0) is 15.9. The summed E-state index contributed by atoms with van der Waals surface area (Å²) in [5.41, 5.74) is 0.654. The van der Waals surface area contributed by atoms with Crippen molar-refractivity contribution in [2.45, 2.75) is 0 Å². The van der Waals surface area contributed by atoms with Gasteiger partial charge in [-0.25, -0.2) is 9.97 Å². The maximum Gasteiger partial charge on any atom is 0.275 e. The van der Waals surface area contributed by atoms with E-state index in [1.807, 2.05) is 0 Å². The van der Waals surface area contributed by atoms with Crippen LogP contribution in [-0.2, 0) is 0 Å². The molecule has 0 aliphatic carbocycles. The van der Waals surface area contributed by atoms with Gasteiger partial charge in [0.1, 0.15) is 17.3 Å². The summed E-state index contributed by atoms with van der Waals surface area (Å²) in [6.45, 7) is 4.16. The highest BCUT2D eigenvalue weighted by molar-refractivity contribution is 6.31. The van der Waals surface area contributed by atoms with E-state index in [1.165, 1.54) is 19.5 Å². The number of carbonyl (C=O) groups excluding carboxylic acids is 1. The van der Waals surface area contributed by atoms with Gasteiger partial charge in [-0.1, -0.05) is 17.7 Å². The van der Waals surface area contributed by atoms with Crippen LogP contribution in [0.4, 0.5) is 11.5 Å². The third kappa shape index (κ3) is 3.95. The van der Waals surface area contributed by atoms with Crippen molar-refractivity contribution >= 4 is 29.0 Å². The Morgan fingerprint density at radius 2 is 2.23 bits per heavy atom. The highest BCUT2D eigenvalue weighted by atomic mass is 35.5. The van der Waals surface area contributed by atoms with Crippen LogP contribution in [-0.4, -0.2) is 29.5 Å². The third-order valence-electron chi connectivity index (χ3n) is 2.72.